The molecule has 9 heteroatoms. The van der Waals surface area contributed by atoms with Crippen LogP contribution in [0.25, 0.3) is 0 Å². The number of ether oxygens (including phenoxy) is 1. The lowest BCUT2D eigenvalue weighted by Crippen LogP contribution is -2.49. The van der Waals surface area contributed by atoms with Gasteiger partial charge in [0.15, 0.2) is 5.11 Å². The highest BCUT2D eigenvalue weighted by Gasteiger charge is 2.35. The summed E-state index contributed by atoms with van der Waals surface area (Å²) in [6.45, 7) is 4.34. The molecule has 27 heavy (non-hydrogen) atoms. The van der Waals surface area contributed by atoms with E-state index >= 15 is 0 Å². The predicted octanol–water partition coefficient (Wildman–Crippen LogP) is 2.28. The molecule has 0 bridgehead atoms. The summed E-state index contributed by atoms with van der Waals surface area (Å²) >= 11 is 7.20. The van der Waals surface area contributed by atoms with E-state index < -0.39 is 6.09 Å². The van der Waals surface area contributed by atoms with E-state index in [1.54, 1.807) is 17.0 Å². The minimum atomic E-state index is -0.435. The molecule has 3 aliphatic heterocycles. The molecule has 0 aromatic heterocycles. The topological polar surface area (TPSA) is 48.1 Å². The van der Waals surface area contributed by atoms with Crippen molar-refractivity contribution in [1.29, 1.82) is 0 Å². The highest BCUT2D eigenvalue weighted by atomic mass is 32.2. The van der Waals surface area contributed by atoms with Crippen molar-refractivity contribution in [3.8, 4) is 0 Å². The number of amides is 1. The molecule has 1 unspecified atom stereocenters. The molecule has 1 aromatic carbocycles. The standard InChI is InChI=1S/C18H23FN4O2S2/c19-14-3-1-4-15(16(14)21-7-9-27-10-8-21)23-12-13(25-18(23)24)11-20-17(26)22-5-2-6-22/h1,3-4,13H,2,5-12H2,(H,20,26). The lowest BCUT2D eigenvalue weighted by atomic mass is 10.2. The number of likely N-dealkylation sites (tertiary alicyclic amines) is 1. The maximum absolute atomic E-state index is 14.6. The Bertz CT molecular complexity index is 725. The van der Waals surface area contributed by atoms with Gasteiger partial charge in [0.25, 0.3) is 0 Å². The van der Waals surface area contributed by atoms with E-state index in [9.17, 15) is 9.18 Å². The molecule has 1 N–H and O–H groups in total. The number of thioether (sulfide) groups is 1. The van der Waals surface area contributed by atoms with Crippen LogP contribution in [-0.4, -0.2) is 73.0 Å². The van der Waals surface area contributed by atoms with Crippen molar-refractivity contribution < 1.29 is 13.9 Å². The third kappa shape index (κ3) is 3.94. The Morgan fingerprint density at radius 2 is 2.07 bits per heavy atom. The monoisotopic (exact) mass is 410 g/mol. The minimum Gasteiger partial charge on any atom is -0.442 e. The molecule has 0 spiro atoms. The number of para-hydroxylation sites is 1. The van der Waals surface area contributed by atoms with Gasteiger partial charge in [-0.25, -0.2) is 9.18 Å². The maximum atomic E-state index is 14.6. The lowest BCUT2D eigenvalue weighted by Gasteiger charge is -2.33. The molecule has 3 aliphatic rings. The number of carbonyl (C=O) groups is 1. The van der Waals surface area contributed by atoms with Gasteiger partial charge in [0, 0.05) is 37.7 Å². The van der Waals surface area contributed by atoms with Crippen LogP contribution in [0.5, 0.6) is 0 Å². The highest BCUT2D eigenvalue weighted by Crippen LogP contribution is 2.35. The maximum Gasteiger partial charge on any atom is 0.414 e. The third-order valence-corrected chi connectivity index (χ3v) is 6.43. The molecular formula is C18H23FN4O2S2. The van der Waals surface area contributed by atoms with Crippen LogP contribution in [0, 0.1) is 5.82 Å². The molecule has 3 heterocycles. The number of hydrogen-bond donors (Lipinski definition) is 1. The molecule has 146 valence electrons. The molecule has 1 amide bonds. The number of cyclic esters (lactones) is 1. The minimum absolute atomic E-state index is 0.298. The first kappa shape index (κ1) is 18.6. The third-order valence-electron chi connectivity index (χ3n) is 5.08. The first-order valence-electron chi connectivity index (χ1n) is 9.25. The molecule has 6 nitrogen and oxygen atoms in total. The summed E-state index contributed by atoms with van der Waals surface area (Å²) in [6.07, 6.45) is 0.408. The largest absolute Gasteiger partial charge is 0.442 e. The number of halogens is 1. The number of thiocarbonyl (C=S) groups is 1. The zero-order chi connectivity index (χ0) is 18.8. The fourth-order valence-corrected chi connectivity index (χ4v) is 4.65. The Labute approximate surface area is 168 Å². The molecule has 3 saturated heterocycles. The van der Waals surface area contributed by atoms with Crippen LogP contribution in [0.2, 0.25) is 0 Å². The number of benzene rings is 1. The van der Waals surface area contributed by atoms with Crippen molar-refractivity contribution in [1.82, 2.24) is 10.2 Å². The van der Waals surface area contributed by atoms with Crippen LogP contribution in [-0.2, 0) is 4.74 Å². The van der Waals surface area contributed by atoms with Gasteiger partial charge in [0.05, 0.1) is 24.5 Å². The Hall–Kier alpha value is -1.74. The average molecular weight is 411 g/mol. The Morgan fingerprint density at radius 1 is 1.30 bits per heavy atom. The number of nitrogens with one attached hydrogen (secondary N) is 1. The Morgan fingerprint density at radius 3 is 2.78 bits per heavy atom. The van der Waals surface area contributed by atoms with E-state index in [-0.39, 0.29) is 11.9 Å². The van der Waals surface area contributed by atoms with Crippen molar-refractivity contribution >= 4 is 46.6 Å². The van der Waals surface area contributed by atoms with Gasteiger partial charge < -0.3 is 19.9 Å². The molecule has 1 aromatic rings. The van der Waals surface area contributed by atoms with E-state index in [0.29, 0.717) is 29.6 Å². The van der Waals surface area contributed by atoms with Crippen LogP contribution in [0.3, 0.4) is 0 Å². The zero-order valence-electron chi connectivity index (χ0n) is 15.0. The van der Waals surface area contributed by atoms with Crippen LogP contribution in [0.15, 0.2) is 18.2 Å². The van der Waals surface area contributed by atoms with Crippen molar-refractivity contribution in [2.24, 2.45) is 0 Å². The summed E-state index contributed by atoms with van der Waals surface area (Å²) in [6, 6.07) is 4.89. The lowest BCUT2D eigenvalue weighted by molar-refractivity contribution is 0.142. The summed E-state index contributed by atoms with van der Waals surface area (Å²) < 4.78 is 20.1. The number of anilines is 2. The molecule has 0 aliphatic carbocycles. The second-order valence-electron chi connectivity index (χ2n) is 6.85. The van der Waals surface area contributed by atoms with Crippen LogP contribution < -0.4 is 15.1 Å². The fraction of sp³-hybridized carbons (Fsp3) is 0.556. The van der Waals surface area contributed by atoms with Gasteiger partial charge in [-0.05, 0) is 30.8 Å². The Balaban J connectivity index is 1.46. The smallest absolute Gasteiger partial charge is 0.414 e. The number of carbonyl (C=O) groups excluding carboxylic acids is 1. The molecular weight excluding hydrogens is 387 g/mol. The summed E-state index contributed by atoms with van der Waals surface area (Å²) in [4.78, 5) is 18.1. The summed E-state index contributed by atoms with van der Waals surface area (Å²) in [5.41, 5.74) is 1.08. The van der Waals surface area contributed by atoms with E-state index in [2.05, 4.69) is 10.2 Å². The second kappa shape index (κ2) is 8.10. The van der Waals surface area contributed by atoms with Gasteiger partial charge >= 0.3 is 6.09 Å². The quantitative estimate of drug-likeness (QED) is 0.764. The summed E-state index contributed by atoms with van der Waals surface area (Å²) in [7, 11) is 0. The van der Waals surface area contributed by atoms with Crippen molar-refractivity contribution in [2.75, 3.05) is 60.6 Å². The SMILES string of the molecule is O=C1OC(CNC(=S)N2CCC2)CN1c1cccc(F)c1N1CCSCC1. The number of nitrogens with zero attached hydrogens (tertiary/aromatic N) is 3. The number of rotatable bonds is 4. The van der Waals surface area contributed by atoms with E-state index in [0.717, 1.165) is 44.1 Å². The molecule has 0 radical (unpaired) electrons. The normalized spacial score (nSPS) is 22.5. The van der Waals surface area contributed by atoms with Crippen molar-refractivity contribution in [2.45, 2.75) is 12.5 Å². The number of hydrogen-bond acceptors (Lipinski definition) is 5. The average Bonchev–Trinajstić information content (AvgIpc) is 2.99. The zero-order valence-corrected chi connectivity index (χ0v) is 16.7. The molecule has 3 fully saturated rings. The van der Waals surface area contributed by atoms with Gasteiger partial charge in [-0.2, -0.15) is 11.8 Å². The van der Waals surface area contributed by atoms with Gasteiger partial charge in [0.1, 0.15) is 11.9 Å². The van der Waals surface area contributed by atoms with Crippen LogP contribution in [0.1, 0.15) is 6.42 Å². The fourth-order valence-electron chi connectivity index (χ4n) is 3.48. The van der Waals surface area contributed by atoms with Gasteiger partial charge in [-0.1, -0.05) is 6.07 Å². The van der Waals surface area contributed by atoms with Gasteiger partial charge in [0.2, 0.25) is 0 Å². The Kier molecular flexibility index (Phi) is 5.58. The van der Waals surface area contributed by atoms with E-state index in [1.807, 2.05) is 16.7 Å². The van der Waals surface area contributed by atoms with Crippen molar-refractivity contribution in [3.05, 3.63) is 24.0 Å². The predicted molar refractivity (Wildman–Crippen MR) is 110 cm³/mol. The first-order valence-corrected chi connectivity index (χ1v) is 10.8. The highest BCUT2D eigenvalue weighted by molar-refractivity contribution is 7.99. The second-order valence-corrected chi connectivity index (χ2v) is 8.46. The molecule has 4 rings (SSSR count). The van der Waals surface area contributed by atoms with E-state index in [1.165, 1.54) is 6.07 Å². The van der Waals surface area contributed by atoms with Crippen molar-refractivity contribution in [3.63, 3.8) is 0 Å². The van der Waals surface area contributed by atoms with Gasteiger partial charge in [-0.3, -0.25) is 4.90 Å². The van der Waals surface area contributed by atoms with Gasteiger partial charge in [-0.15, -0.1) is 0 Å². The summed E-state index contributed by atoms with van der Waals surface area (Å²) in [5.74, 6) is 1.62. The van der Waals surface area contributed by atoms with E-state index in [4.69, 9.17) is 17.0 Å². The van der Waals surface area contributed by atoms with Crippen LogP contribution >= 0.6 is 24.0 Å². The van der Waals surface area contributed by atoms with Crippen LogP contribution in [0.4, 0.5) is 20.6 Å². The molecule has 0 saturated carbocycles. The first-order chi connectivity index (χ1) is 13.1. The summed E-state index contributed by atoms with van der Waals surface area (Å²) in [5, 5.41) is 3.88. The molecule has 1 atom stereocenters.